The highest BCUT2D eigenvalue weighted by molar-refractivity contribution is 6.06. The first-order valence-electron chi connectivity index (χ1n) is 7.64. The molecule has 1 N–H and O–H groups in total. The number of rotatable bonds is 5. The summed E-state index contributed by atoms with van der Waals surface area (Å²) in [7, 11) is 0. The average Bonchev–Trinajstić information content (AvgIpc) is 2.72. The van der Waals surface area contributed by atoms with Crippen molar-refractivity contribution in [1.82, 2.24) is 10.2 Å². The van der Waals surface area contributed by atoms with Crippen molar-refractivity contribution < 1.29 is 19.1 Å². The zero-order chi connectivity index (χ0) is 17.0. The summed E-state index contributed by atoms with van der Waals surface area (Å²) in [5, 5.41) is 2.62. The Labute approximate surface area is 135 Å². The van der Waals surface area contributed by atoms with Gasteiger partial charge in [-0.05, 0) is 39.2 Å². The standard InChI is InChI=1S/C17H22N2O4/c1-17(2,3)23-14(20)11-19-15(21)13(18-16(19)22)10-9-12-7-5-4-6-8-12/h4-8,13H,9-11H2,1-3H3,(H,18,22)/t13-/m0/s1. The molecule has 6 heteroatoms. The molecule has 1 aromatic carbocycles. The summed E-state index contributed by atoms with van der Waals surface area (Å²) in [4.78, 5) is 36.9. The number of hydrogen-bond acceptors (Lipinski definition) is 4. The number of ether oxygens (including phenoxy) is 1. The van der Waals surface area contributed by atoms with Crippen molar-refractivity contribution in [1.29, 1.82) is 0 Å². The van der Waals surface area contributed by atoms with Crippen molar-refractivity contribution in [2.45, 2.75) is 45.3 Å². The zero-order valence-electron chi connectivity index (χ0n) is 13.7. The topological polar surface area (TPSA) is 75.7 Å². The van der Waals surface area contributed by atoms with Crippen molar-refractivity contribution in [2.24, 2.45) is 0 Å². The molecule has 2 rings (SSSR count). The lowest BCUT2D eigenvalue weighted by Gasteiger charge is -2.21. The molecule has 6 nitrogen and oxygen atoms in total. The van der Waals surface area contributed by atoms with E-state index >= 15 is 0 Å². The molecule has 0 unspecified atom stereocenters. The maximum Gasteiger partial charge on any atom is 0.326 e. The molecule has 1 fully saturated rings. The second kappa shape index (κ2) is 6.81. The van der Waals surface area contributed by atoms with Gasteiger partial charge in [0.15, 0.2) is 0 Å². The van der Waals surface area contributed by atoms with Gasteiger partial charge >= 0.3 is 12.0 Å². The summed E-state index contributed by atoms with van der Waals surface area (Å²) in [6.45, 7) is 4.85. The van der Waals surface area contributed by atoms with Crippen LogP contribution >= 0.6 is 0 Å². The van der Waals surface area contributed by atoms with Crippen LogP contribution in [0.4, 0.5) is 4.79 Å². The van der Waals surface area contributed by atoms with Gasteiger partial charge in [-0.2, -0.15) is 0 Å². The van der Waals surface area contributed by atoms with E-state index in [-0.39, 0.29) is 12.5 Å². The lowest BCUT2D eigenvalue weighted by Crippen LogP contribution is -2.39. The molecule has 0 aliphatic carbocycles. The van der Waals surface area contributed by atoms with Gasteiger partial charge in [-0.25, -0.2) is 4.79 Å². The molecule has 1 atom stereocenters. The predicted octanol–water partition coefficient (Wildman–Crippen LogP) is 1.88. The van der Waals surface area contributed by atoms with Crippen LogP contribution in [0.15, 0.2) is 30.3 Å². The fourth-order valence-electron chi connectivity index (χ4n) is 2.38. The Morgan fingerprint density at radius 2 is 1.87 bits per heavy atom. The molecule has 0 spiro atoms. The zero-order valence-corrected chi connectivity index (χ0v) is 13.7. The molecular weight excluding hydrogens is 296 g/mol. The number of aryl methyl sites for hydroxylation is 1. The minimum atomic E-state index is -0.650. The number of imide groups is 1. The van der Waals surface area contributed by atoms with Crippen LogP contribution in [0.25, 0.3) is 0 Å². The molecule has 0 aromatic heterocycles. The molecule has 1 aliphatic heterocycles. The van der Waals surface area contributed by atoms with Crippen LogP contribution in [0.1, 0.15) is 32.8 Å². The SMILES string of the molecule is CC(C)(C)OC(=O)CN1C(=O)N[C@@H](CCc2ccccc2)C1=O. The molecule has 1 heterocycles. The molecule has 0 saturated carbocycles. The van der Waals surface area contributed by atoms with E-state index in [1.807, 2.05) is 30.3 Å². The highest BCUT2D eigenvalue weighted by atomic mass is 16.6. The molecule has 1 saturated heterocycles. The largest absolute Gasteiger partial charge is 0.459 e. The van der Waals surface area contributed by atoms with Gasteiger partial charge in [0, 0.05) is 0 Å². The van der Waals surface area contributed by atoms with Crippen molar-refractivity contribution in [3.63, 3.8) is 0 Å². The first-order chi connectivity index (χ1) is 10.8. The normalized spacial score (nSPS) is 18.0. The lowest BCUT2D eigenvalue weighted by molar-refractivity contribution is -0.157. The minimum absolute atomic E-state index is 0.357. The van der Waals surface area contributed by atoms with E-state index in [0.29, 0.717) is 12.8 Å². The van der Waals surface area contributed by atoms with Crippen molar-refractivity contribution in [3.05, 3.63) is 35.9 Å². The van der Waals surface area contributed by atoms with E-state index in [1.165, 1.54) is 0 Å². The van der Waals surface area contributed by atoms with E-state index in [2.05, 4.69) is 5.32 Å². The average molecular weight is 318 g/mol. The van der Waals surface area contributed by atoms with Crippen LogP contribution < -0.4 is 5.32 Å². The molecule has 23 heavy (non-hydrogen) atoms. The van der Waals surface area contributed by atoms with Crippen LogP contribution in [0.5, 0.6) is 0 Å². The number of carbonyl (C=O) groups excluding carboxylic acids is 3. The van der Waals surface area contributed by atoms with E-state index in [0.717, 1.165) is 10.5 Å². The summed E-state index contributed by atoms with van der Waals surface area (Å²) < 4.78 is 5.15. The Balaban J connectivity index is 1.90. The molecule has 124 valence electrons. The van der Waals surface area contributed by atoms with Crippen LogP contribution in [-0.2, 0) is 20.7 Å². The Morgan fingerprint density at radius 3 is 2.48 bits per heavy atom. The number of esters is 1. The Bertz CT molecular complexity index is 592. The molecule has 1 aliphatic rings. The smallest absolute Gasteiger partial charge is 0.326 e. The summed E-state index contributed by atoms with van der Waals surface area (Å²) >= 11 is 0. The van der Waals surface area contributed by atoms with Gasteiger partial charge in [-0.1, -0.05) is 30.3 Å². The first-order valence-corrected chi connectivity index (χ1v) is 7.64. The van der Waals surface area contributed by atoms with Crippen molar-refractivity contribution in [2.75, 3.05) is 6.54 Å². The van der Waals surface area contributed by atoms with Gasteiger partial charge in [0.1, 0.15) is 18.2 Å². The van der Waals surface area contributed by atoms with Gasteiger partial charge in [-0.3, -0.25) is 14.5 Å². The van der Waals surface area contributed by atoms with Crippen LogP contribution in [0.2, 0.25) is 0 Å². The summed E-state index contributed by atoms with van der Waals surface area (Å²) in [6, 6.07) is 8.59. The molecule has 1 aromatic rings. The third-order valence-corrected chi connectivity index (χ3v) is 3.38. The van der Waals surface area contributed by atoms with E-state index < -0.39 is 23.6 Å². The molecule has 3 amide bonds. The fraction of sp³-hybridized carbons (Fsp3) is 0.471. The molecular formula is C17H22N2O4. The van der Waals surface area contributed by atoms with Crippen LogP contribution in [0, 0.1) is 0 Å². The van der Waals surface area contributed by atoms with E-state index in [1.54, 1.807) is 20.8 Å². The number of hydrogen-bond donors (Lipinski definition) is 1. The second-order valence-corrected chi connectivity index (χ2v) is 6.54. The van der Waals surface area contributed by atoms with Crippen molar-refractivity contribution >= 4 is 17.9 Å². The first kappa shape index (κ1) is 17.0. The third-order valence-electron chi connectivity index (χ3n) is 3.38. The lowest BCUT2D eigenvalue weighted by atomic mass is 10.1. The second-order valence-electron chi connectivity index (χ2n) is 6.54. The number of nitrogens with one attached hydrogen (secondary N) is 1. The number of amides is 3. The maximum atomic E-state index is 12.3. The van der Waals surface area contributed by atoms with E-state index in [4.69, 9.17) is 4.74 Å². The summed E-state index contributed by atoms with van der Waals surface area (Å²) in [5.41, 5.74) is 0.448. The number of carbonyl (C=O) groups is 3. The van der Waals surface area contributed by atoms with Gasteiger partial charge in [0.05, 0.1) is 0 Å². The van der Waals surface area contributed by atoms with Crippen LogP contribution in [0.3, 0.4) is 0 Å². The Morgan fingerprint density at radius 1 is 1.22 bits per heavy atom. The quantitative estimate of drug-likeness (QED) is 0.664. The summed E-state index contributed by atoms with van der Waals surface area (Å²) in [5.74, 6) is -0.971. The van der Waals surface area contributed by atoms with Crippen LogP contribution in [-0.4, -0.2) is 41.0 Å². The van der Waals surface area contributed by atoms with E-state index in [9.17, 15) is 14.4 Å². The number of nitrogens with zero attached hydrogens (tertiary/aromatic N) is 1. The monoisotopic (exact) mass is 318 g/mol. The third kappa shape index (κ3) is 4.81. The van der Waals surface area contributed by atoms with Gasteiger partial charge < -0.3 is 10.1 Å². The number of urea groups is 1. The summed E-state index contributed by atoms with van der Waals surface area (Å²) in [6.07, 6.45) is 1.18. The van der Waals surface area contributed by atoms with Crippen molar-refractivity contribution in [3.8, 4) is 0 Å². The minimum Gasteiger partial charge on any atom is -0.459 e. The van der Waals surface area contributed by atoms with Gasteiger partial charge in [0.2, 0.25) is 0 Å². The maximum absolute atomic E-state index is 12.3. The Hall–Kier alpha value is -2.37. The number of benzene rings is 1. The molecule has 0 bridgehead atoms. The van der Waals surface area contributed by atoms with Gasteiger partial charge in [-0.15, -0.1) is 0 Å². The van der Waals surface area contributed by atoms with Gasteiger partial charge in [0.25, 0.3) is 5.91 Å². The highest BCUT2D eigenvalue weighted by Gasteiger charge is 2.39. The molecule has 0 radical (unpaired) electrons. The highest BCUT2D eigenvalue weighted by Crippen LogP contribution is 2.14. The predicted molar refractivity (Wildman–Crippen MR) is 84.6 cm³/mol. The Kier molecular flexibility index (Phi) is 5.03. The fourth-order valence-corrected chi connectivity index (χ4v) is 2.38.